The van der Waals surface area contributed by atoms with Crippen molar-refractivity contribution in [1.82, 2.24) is 4.31 Å². The SMILES string of the molecule is CN(CC(F)F)S(=O)(=O)c1c(F)cccc1Cl. The zero-order valence-corrected chi connectivity index (χ0v) is 10.3. The highest BCUT2D eigenvalue weighted by atomic mass is 35.5. The normalized spacial score (nSPS) is 12.4. The monoisotopic (exact) mass is 287 g/mol. The average molecular weight is 288 g/mol. The Kier molecular flexibility index (Phi) is 4.40. The van der Waals surface area contributed by atoms with Gasteiger partial charge in [0.1, 0.15) is 10.7 Å². The van der Waals surface area contributed by atoms with Gasteiger partial charge in [-0.1, -0.05) is 17.7 Å². The summed E-state index contributed by atoms with van der Waals surface area (Å²) in [5, 5.41) is -0.342. The van der Waals surface area contributed by atoms with E-state index in [4.69, 9.17) is 11.6 Å². The summed E-state index contributed by atoms with van der Waals surface area (Å²) in [6.45, 7) is -1.02. The average Bonchev–Trinajstić information content (AvgIpc) is 2.15. The number of rotatable bonds is 4. The minimum absolute atomic E-state index is 0.342. The van der Waals surface area contributed by atoms with E-state index in [1.165, 1.54) is 12.1 Å². The third-order valence-electron chi connectivity index (χ3n) is 1.98. The zero-order valence-electron chi connectivity index (χ0n) is 8.70. The molecule has 3 nitrogen and oxygen atoms in total. The van der Waals surface area contributed by atoms with E-state index in [9.17, 15) is 21.6 Å². The van der Waals surface area contributed by atoms with Gasteiger partial charge in [0.25, 0.3) is 6.43 Å². The summed E-state index contributed by atoms with van der Waals surface area (Å²) in [5.74, 6) is -1.07. The van der Waals surface area contributed by atoms with Crippen molar-refractivity contribution in [1.29, 1.82) is 0 Å². The second-order valence-corrected chi connectivity index (χ2v) is 5.62. The fourth-order valence-electron chi connectivity index (χ4n) is 1.18. The lowest BCUT2D eigenvalue weighted by atomic mass is 10.3. The molecule has 0 heterocycles. The Balaban J connectivity index is 3.22. The Labute approximate surface area is 102 Å². The second kappa shape index (κ2) is 5.24. The minimum Gasteiger partial charge on any atom is -0.209 e. The van der Waals surface area contributed by atoms with Crippen LogP contribution in [0.2, 0.25) is 5.02 Å². The largest absolute Gasteiger partial charge is 0.252 e. The third kappa shape index (κ3) is 3.11. The molecule has 0 aromatic heterocycles. The summed E-state index contributed by atoms with van der Waals surface area (Å²) in [4.78, 5) is -0.787. The maximum absolute atomic E-state index is 13.4. The van der Waals surface area contributed by atoms with Gasteiger partial charge in [-0.25, -0.2) is 21.6 Å². The molecule has 0 aliphatic heterocycles. The Morgan fingerprint density at radius 3 is 2.47 bits per heavy atom. The summed E-state index contributed by atoms with van der Waals surface area (Å²) >= 11 is 5.56. The highest BCUT2D eigenvalue weighted by Crippen LogP contribution is 2.26. The van der Waals surface area contributed by atoms with Crippen LogP contribution in [-0.2, 0) is 10.0 Å². The quantitative estimate of drug-likeness (QED) is 0.852. The van der Waals surface area contributed by atoms with Crippen molar-refractivity contribution in [2.75, 3.05) is 13.6 Å². The number of sulfonamides is 1. The first-order chi connectivity index (χ1) is 7.76. The number of nitrogens with zero attached hydrogens (tertiary/aromatic N) is 1. The molecule has 0 amide bonds. The van der Waals surface area contributed by atoms with Gasteiger partial charge in [-0.3, -0.25) is 0 Å². The van der Waals surface area contributed by atoms with Crippen LogP contribution in [0.3, 0.4) is 0 Å². The standard InChI is InChI=1S/C9H9ClF3NO2S/c1-14(5-8(12)13)17(15,16)9-6(10)3-2-4-7(9)11/h2-4,8H,5H2,1H3. The fraction of sp³-hybridized carbons (Fsp3) is 0.333. The molecule has 0 saturated heterocycles. The molecule has 0 N–H and O–H groups in total. The molecule has 1 rings (SSSR count). The van der Waals surface area contributed by atoms with Gasteiger partial charge in [-0.15, -0.1) is 0 Å². The summed E-state index contributed by atoms with van der Waals surface area (Å²) < 4.78 is 61.5. The van der Waals surface area contributed by atoms with Crippen LogP contribution in [0.15, 0.2) is 23.1 Å². The van der Waals surface area contributed by atoms with Gasteiger partial charge in [0.05, 0.1) is 11.6 Å². The van der Waals surface area contributed by atoms with Crippen molar-refractivity contribution < 1.29 is 21.6 Å². The summed E-state index contributed by atoms with van der Waals surface area (Å²) in [7, 11) is -3.41. The molecule has 0 radical (unpaired) electrons. The van der Waals surface area contributed by atoms with Crippen LogP contribution in [0.4, 0.5) is 13.2 Å². The summed E-state index contributed by atoms with van der Waals surface area (Å²) in [6.07, 6.45) is -2.85. The van der Waals surface area contributed by atoms with E-state index in [2.05, 4.69) is 0 Å². The molecule has 0 aliphatic carbocycles. The Morgan fingerprint density at radius 2 is 2.00 bits per heavy atom. The van der Waals surface area contributed by atoms with Crippen LogP contribution in [0, 0.1) is 5.82 Å². The molecule has 0 bridgehead atoms. The van der Waals surface area contributed by atoms with Gasteiger partial charge < -0.3 is 0 Å². The van der Waals surface area contributed by atoms with E-state index < -0.39 is 33.7 Å². The number of halogens is 4. The molecule has 0 saturated carbocycles. The van der Waals surface area contributed by atoms with E-state index in [0.717, 1.165) is 13.1 Å². The van der Waals surface area contributed by atoms with Crippen molar-refractivity contribution in [3.8, 4) is 0 Å². The molecule has 1 aromatic carbocycles. The van der Waals surface area contributed by atoms with Crippen LogP contribution < -0.4 is 0 Å². The molecular weight excluding hydrogens is 279 g/mol. The maximum Gasteiger partial charge on any atom is 0.252 e. The Morgan fingerprint density at radius 1 is 1.41 bits per heavy atom. The Hall–Kier alpha value is -0.790. The summed E-state index contributed by atoms with van der Waals surface area (Å²) in [5.41, 5.74) is 0. The van der Waals surface area contributed by atoms with Crippen LogP contribution in [0.1, 0.15) is 0 Å². The van der Waals surface area contributed by atoms with Crippen LogP contribution >= 0.6 is 11.6 Å². The summed E-state index contributed by atoms with van der Waals surface area (Å²) in [6, 6.07) is 3.30. The number of hydrogen-bond acceptors (Lipinski definition) is 2. The van der Waals surface area contributed by atoms with E-state index >= 15 is 0 Å². The van der Waals surface area contributed by atoms with Crippen LogP contribution in [0.5, 0.6) is 0 Å². The third-order valence-corrected chi connectivity index (χ3v) is 4.31. The smallest absolute Gasteiger partial charge is 0.209 e. The lowest BCUT2D eigenvalue weighted by molar-refractivity contribution is 0.126. The first-order valence-electron chi connectivity index (χ1n) is 4.45. The Bertz CT molecular complexity index is 487. The molecule has 0 unspecified atom stereocenters. The molecule has 96 valence electrons. The zero-order chi connectivity index (χ0) is 13.2. The first kappa shape index (κ1) is 14.3. The highest BCUT2D eigenvalue weighted by molar-refractivity contribution is 7.89. The van der Waals surface area contributed by atoms with Gasteiger partial charge in [0, 0.05) is 7.05 Å². The van der Waals surface area contributed by atoms with Gasteiger partial charge in [-0.2, -0.15) is 4.31 Å². The van der Waals surface area contributed by atoms with Crippen LogP contribution in [-0.4, -0.2) is 32.7 Å². The second-order valence-electron chi connectivity index (χ2n) is 3.23. The maximum atomic E-state index is 13.4. The number of alkyl halides is 2. The van der Waals surface area contributed by atoms with Crippen molar-refractivity contribution >= 4 is 21.6 Å². The predicted molar refractivity (Wildman–Crippen MR) is 57.2 cm³/mol. The van der Waals surface area contributed by atoms with Crippen molar-refractivity contribution in [2.45, 2.75) is 11.3 Å². The number of benzene rings is 1. The lowest BCUT2D eigenvalue weighted by Crippen LogP contribution is -2.32. The molecule has 1 aromatic rings. The molecular formula is C9H9ClF3NO2S. The fourth-order valence-corrected chi connectivity index (χ4v) is 2.88. The van der Waals surface area contributed by atoms with Crippen molar-refractivity contribution in [3.63, 3.8) is 0 Å². The highest BCUT2D eigenvalue weighted by Gasteiger charge is 2.28. The van der Waals surface area contributed by atoms with Gasteiger partial charge in [0.2, 0.25) is 10.0 Å². The van der Waals surface area contributed by atoms with E-state index in [0.29, 0.717) is 4.31 Å². The van der Waals surface area contributed by atoms with E-state index in [-0.39, 0.29) is 5.02 Å². The predicted octanol–water partition coefficient (Wildman–Crippen LogP) is 2.36. The first-order valence-corrected chi connectivity index (χ1v) is 6.27. The van der Waals surface area contributed by atoms with Gasteiger partial charge >= 0.3 is 0 Å². The molecule has 0 spiro atoms. The lowest BCUT2D eigenvalue weighted by Gasteiger charge is -2.17. The minimum atomic E-state index is -4.35. The van der Waals surface area contributed by atoms with Gasteiger partial charge in [0.15, 0.2) is 0 Å². The van der Waals surface area contributed by atoms with E-state index in [1.54, 1.807) is 0 Å². The number of hydrogen-bond donors (Lipinski definition) is 0. The molecule has 0 atom stereocenters. The van der Waals surface area contributed by atoms with Gasteiger partial charge in [-0.05, 0) is 12.1 Å². The van der Waals surface area contributed by atoms with Crippen molar-refractivity contribution in [3.05, 3.63) is 29.0 Å². The molecule has 8 heteroatoms. The molecule has 17 heavy (non-hydrogen) atoms. The van der Waals surface area contributed by atoms with E-state index in [1.807, 2.05) is 0 Å². The van der Waals surface area contributed by atoms with Crippen molar-refractivity contribution in [2.24, 2.45) is 0 Å². The van der Waals surface area contributed by atoms with Crippen LogP contribution in [0.25, 0.3) is 0 Å². The topological polar surface area (TPSA) is 37.4 Å². The molecule has 0 aliphatic rings. The molecule has 0 fully saturated rings.